The van der Waals surface area contributed by atoms with Crippen molar-refractivity contribution in [3.63, 3.8) is 0 Å². The lowest BCUT2D eigenvalue weighted by molar-refractivity contribution is 0.456. The highest BCUT2D eigenvalue weighted by atomic mass is 32.2. The molecule has 0 N–H and O–H groups in total. The first kappa shape index (κ1) is 10.3. The molecule has 74 valence electrons. The zero-order valence-corrected chi connectivity index (χ0v) is 8.11. The molecule has 0 aromatic heterocycles. The molecule has 1 aliphatic heterocycles. The fourth-order valence-corrected chi connectivity index (χ4v) is 2.44. The molecule has 0 bridgehead atoms. The van der Waals surface area contributed by atoms with Gasteiger partial charge in [-0.15, -0.1) is 0 Å². The molecule has 0 unspecified atom stereocenters. The molecular formula is C5H11N5O2S. The van der Waals surface area contributed by atoms with Crippen LogP contribution in [0.5, 0.6) is 0 Å². The third-order valence-corrected chi connectivity index (χ3v) is 3.89. The zero-order chi connectivity index (χ0) is 9.90. The number of rotatable bonds is 3. The van der Waals surface area contributed by atoms with Crippen molar-refractivity contribution in [3.05, 3.63) is 10.4 Å². The van der Waals surface area contributed by atoms with Crippen LogP contribution in [-0.2, 0) is 10.2 Å². The van der Waals surface area contributed by atoms with Crippen LogP contribution in [0.25, 0.3) is 10.4 Å². The molecule has 1 aliphatic rings. The van der Waals surface area contributed by atoms with E-state index in [9.17, 15) is 8.42 Å². The first-order valence-corrected chi connectivity index (χ1v) is 5.21. The third kappa shape index (κ3) is 2.10. The highest BCUT2D eigenvalue weighted by molar-refractivity contribution is 7.87. The van der Waals surface area contributed by atoms with E-state index in [0.717, 1.165) is 0 Å². The predicted molar refractivity (Wildman–Crippen MR) is 47.1 cm³/mol. The summed E-state index contributed by atoms with van der Waals surface area (Å²) >= 11 is 0. The van der Waals surface area contributed by atoms with Gasteiger partial charge in [0.1, 0.15) is 0 Å². The van der Waals surface area contributed by atoms with Crippen LogP contribution in [0.15, 0.2) is 5.11 Å². The Labute approximate surface area is 76.7 Å². The summed E-state index contributed by atoms with van der Waals surface area (Å²) in [6.45, 7) is 1.42. The van der Waals surface area contributed by atoms with Crippen molar-refractivity contribution in [2.24, 2.45) is 5.11 Å². The van der Waals surface area contributed by atoms with Crippen LogP contribution in [0.3, 0.4) is 0 Å². The van der Waals surface area contributed by atoms with Crippen molar-refractivity contribution in [2.45, 2.75) is 0 Å². The lowest BCUT2D eigenvalue weighted by atomic mass is 10.5. The smallest absolute Gasteiger partial charge is 0.195 e. The van der Waals surface area contributed by atoms with Gasteiger partial charge in [-0.1, -0.05) is 5.11 Å². The van der Waals surface area contributed by atoms with E-state index in [2.05, 4.69) is 10.0 Å². The third-order valence-electron chi connectivity index (χ3n) is 1.90. The Morgan fingerprint density at radius 2 is 2.23 bits per heavy atom. The standard InChI is InChI=1S/C5H11N5O2S/c1-9-4-5-10(13(9,11)12)3-2-7-8-6/h2-5H2,1H3. The highest BCUT2D eigenvalue weighted by Gasteiger charge is 2.32. The van der Waals surface area contributed by atoms with E-state index >= 15 is 0 Å². The van der Waals surface area contributed by atoms with E-state index in [0.29, 0.717) is 13.1 Å². The Bertz CT molecular complexity index is 320. The van der Waals surface area contributed by atoms with Crippen LogP contribution < -0.4 is 0 Å². The quantitative estimate of drug-likeness (QED) is 0.362. The molecule has 8 heteroatoms. The molecule has 0 radical (unpaired) electrons. The van der Waals surface area contributed by atoms with Gasteiger partial charge in [-0.2, -0.15) is 17.0 Å². The first-order chi connectivity index (χ1) is 6.09. The number of nitrogens with zero attached hydrogens (tertiary/aromatic N) is 5. The van der Waals surface area contributed by atoms with Crippen molar-refractivity contribution in [2.75, 3.05) is 33.2 Å². The molecular weight excluding hydrogens is 194 g/mol. The number of likely N-dealkylation sites (N-methyl/N-ethyl adjacent to an activating group) is 1. The monoisotopic (exact) mass is 205 g/mol. The summed E-state index contributed by atoms with van der Waals surface area (Å²) in [5.41, 5.74) is 8.00. The lowest BCUT2D eigenvalue weighted by Gasteiger charge is -2.13. The maximum Gasteiger partial charge on any atom is 0.281 e. The first-order valence-electron chi connectivity index (χ1n) is 3.81. The molecule has 0 saturated carbocycles. The minimum absolute atomic E-state index is 0.184. The summed E-state index contributed by atoms with van der Waals surface area (Å²) in [6, 6.07) is 0. The van der Waals surface area contributed by atoms with Gasteiger partial charge in [0.15, 0.2) is 0 Å². The minimum atomic E-state index is -3.26. The van der Waals surface area contributed by atoms with Gasteiger partial charge in [0.2, 0.25) is 0 Å². The fourth-order valence-electron chi connectivity index (χ4n) is 1.11. The van der Waals surface area contributed by atoms with Crippen molar-refractivity contribution >= 4 is 10.2 Å². The maximum atomic E-state index is 11.4. The summed E-state index contributed by atoms with van der Waals surface area (Å²) in [6.07, 6.45) is 0. The second-order valence-electron chi connectivity index (χ2n) is 2.68. The van der Waals surface area contributed by atoms with E-state index in [1.54, 1.807) is 0 Å². The molecule has 13 heavy (non-hydrogen) atoms. The molecule has 0 aliphatic carbocycles. The van der Waals surface area contributed by atoms with Gasteiger partial charge < -0.3 is 0 Å². The van der Waals surface area contributed by atoms with Crippen molar-refractivity contribution < 1.29 is 8.42 Å². The Morgan fingerprint density at radius 1 is 1.54 bits per heavy atom. The number of hydrogen-bond donors (Lipinski definition) is 0. The largest absolute Gasteiger partial charge is 0.281 e. The molecule has 0 aromatic carbocycles. The van der Waals surface area contributed by atoms with Crippen LogP contribution in [0, 0.1) is 0 Å². The van der Waals surface area contributed by atoms with Crippen LogP contribution in [0.4, 0.5) is 0 Å². The Morgan fingerprint density at radius 3 is 2.69 bits per heavy atom. The second-order valence-corrected chi connectivity index (χ2v) is 4.72. The lowest BCUT2D eigenvalue weighted by Crippen LogP contribution is -2.32. The molecule has 0 spiro atoms. The van der Waals surface area contributed by atoms with Gasteiger partial charge in [-0.25, -0.2) is 0 Å². The summed E-state index contributed by atoms with van der Waals surface area (Å²) in [5.74, 6) is 0. The number of azide groups is 1. The molecule has 1 rings (SSSR count). The molecule has 1 heterocycles. The summed E-state index contributed by atoms with van der Waals surface area (Å²) < 4.78 is 25.4. The molecule has 0 aromatic rings. The topological polar surface area (TPSA) is 89.4 Å². The van der Waals surface area contributed by atoms with Gasteiger partial charge in [0.25, 0.3) is 10.2 Å². The van der Waals surface area contributed by atoms with Crippen LogP contribution >= 0.6 is 0 Å². The summed E-state index contributed by atoms with van der Waals surface area (Å²) in [5, 5.41) is 3.28. The van der Waals surface area contributed by atoms with E-state index < -0.39 is 10.2 Å². The molecule has 7 nitrogen and oxygen atoms in total. The fraction of sp³-hybridized carbons (Fsp3) is 1.00. The maximum absolute atomic E-state index is 11.4. The Kier molecular flexibility index (Phi) is 3.10. The van der Waals surface area contributed by atoms with Gasteiger partial charge >= 0.3 is 0 Å². The zero-order valence-electron chi connectivity index (χ0n) is 7.29. The summed E-state index contributed by atoms with van der Waals surface area (Å²) in [7, 11) is -1.73. The summed E-state index contributed by atoms with van der Waals surface area (Å²) in [4.78, 5) is 2.55. The normalized spacial score (nSPS) is 22.8. The molecule has 1 saturated heterocycles. The van der Waals surface area contributed by atoms with E-state index in [1.165, 1.54) is 15.7 Å². The van der Waals surface area contributed by atoms with Gasteiger partial charge in [-0.3, -0.25) is 0 Å². The van der Waals surface area contributed by atoms with Crippen molar-refractivity contribution in [1.29, 1.82) is 0 Å². The van der Waals surface area contributed by atoms with Crippen LogP contribution in [0.2, 0.25) is 0 Å². The van der Waals surface area contributed by atoms with Crippen LogP contribution in [0.1, 0.15) is 0 Å². The van der Waals surface area contributed by atoms with E-state index in [1.807, 2.05) is 0 Å². The Hall–Kier alpha value is -0.820. The minimum Gasteiger partial charge on any atom is -0.195 e. The number of hydrogen-bond acceptors (Lipinski definition) is 3. The van der Waals surface area contributed by atoms with E-state index in [-0.39, 0.29) is 13.1 Å². The molecule has 1 fully saturated rings. The van der Waals surface area contributed by atoms with Crippen molar-refractivity contribution in [3.8, 4) is 0 Å². The Balaban J connectivity index is 2.58. The SMILES string of the molecule is CN1CCN(CCN=[N+]=[N-])S1(=O)=O. The van der Waals surface area contributed by atoms with E-state index in [4.69, 9.17) is 5.53 Å². The van der Waals surface area contributed by atoms with Gasteiger partial charge in [0.05, 0.1) is 0 Å². The highest BCUT2D eigenvalue weighted by Crippen LogP contribution is 2.12. The predicted octanol–water partition coefficient (Wildman–Crippen LogP) is -0.211. The van der Waals surface area contributed by atoms with Crippen LogP contribution in [-0.4, -0.2) is 50.3 Å². The second kappa shape index (κ2) is 3.93. The van der Waals surface area contributed by atoms with Gasteiger partial charge in [-0.05, 0) is 5.53 Å². The average Bonchev–Trinajstić information content (AvgIpc) is 2.32. The molecule has 0 atom stereocenters. The van der Waals surface area contributed by atoms with Crippen molar-refractivity contribution in [1.82, 2.24) is 8.61 Å². The van der Waals surface area contributed by atoms with Gasteiger partial charge in [0, 0.05) is 38.1 Å². The molecule has 0 amide bonds. The average molecular weight is 205 g/mol.